The Morgan fingerprint density at radius 3 is 2.30 bits per heavy atom. The van der Waals surface area contributed by atoms with Crippen LogP contribution < -0.4 is 10.0 Å². The van der Waals surface area contributed by atoms with Gasteiger partial charge in [-0.2, -0.15) is 0 Å². The number of benzene rings is 2. The van der Waals surface area contributed by atoms with Crippen molar-refractivity contribution in [2.45, 2.75) is 17.9 Å². The highest BCUT2D eigenvalue weighted by Crippen LogP contribution is 2.16. The van der Waals surface area contributed by atoms with Crippen LogP contribution in [0, 0.1) is 11.6 Å². The zero-order chi connectivity index (χ0) is 20.2. The van der Waals surface area contributed by atoms with E-state index in [0.717, 1.165) is 18.2 Å². The van der Waals surface area contributed by atoms with Gasteiger partial charge in [0.05, 0.1) is 16.1 Å². The van der Waals surface area contributed by atoms with E-state index in [-0.39, 0.29) is 16.1 Å². The summed E-state index contributed by atoms with van der Waals surface area (Å²) in [6.45, 7) is 1.25. The van der Waals surface area contributed by atoms with Crippen molar-refractivity contribution in [1.29, 1.82) is 0 Å². The minimum absolute atomic E-state index is 0.0154. The van der Waals surface area contributed by atoms with Gasteiger partial charge in [-0.1, -0.05) is 0 Å². The van der Waals surface area contributed by atoms with Crippen LogP contribution in [0.1, 0.15) is 17.3 Å². The van der Waals surface area contributed by atoms with Crippen LogP contribution in [0.15, 0.2) is 47.4 Å². The first-order valence-corrected chi connectivity index (χ1v) is 9.13. The van der Waals surface area contributed by atoms with E-state index in [1.807, 2.05) is 0 Å². The number of carbonyl (C=O) groups excluding carboxylic acids is 2. The second-order valence-corrected chi connectivity index (χ2v) is 7.28. The molecule has 0 bridgehead atoms. The Kier molecular flexibility index (Phi) is 6.24. The van der Waals surface area contributed by atoms with Crippen molar-refractivity contribution in [1.82, 2.24) is 4.72 Å². The minimum Gasteiger partial charge on any atom is -0.449 e. The number of anilines is 1. The van der Waals surface area contributed by atoms with Gasteiger partial charge in [0, 0.05) is 6.07 Å². The van der Waals surface area contributed by atoms with Crippen LogP contribution in [0.2, 0.25) is 0 Å². The molecule has 0 spiro atoms. The highest BCUT2D eigenvalue weighted by Gasteiger charge is 2.21. The van der Waals surface area contributed by atoms with E-state index in [2.05, 4.69) is 10.0 Å². The molecule has 7 nitrogen and oxygen atoms in total. The molecule has 1 atom stereocenters. The molecule has 27 heavy (non-hydrogen) atoms. The third-order valence-electron chi connectivity index (χ3n) is 3.51. The maximum atomic E-state index is 13.5. The molecule has 2 rings (SSSR count). The number of rotatable bonds is 6. The van der Waals surface area contributed by atoms with Gasteiger partial charge in [0.15, 0.2) is 6.10 Å². The lowest BCUT2D eigenvalue weighted by Gasteiger charge is -2.14. The normalized spacial score (nSPS) is 12.3. The third-order valence-corrected chi connectivity index (χ3v) is 4.94. The fourth-order valence-electron chi connectivity index (χ4n) is 2.00. The maximum Gasteiger partial charge on any atom is 0.338 e. The van der Waals surface area contributed by atoms with Gasteiger partial charge in [0.25, 0.3) is 5.91 Å². The van der Waals surface area contributed by atoms with Gasteiger partial charge in [0.1, 0.15) is 11.6 Å². The molecule has 0 heterocycles. The van der Waals surface area contributed by atoms with Crippen LogP contribution in [0.25, 0.3) is 0 Å². The first-order valence-electron chi connectivity index (χ1n) is 7.64. The molecular formula is C17H16F2N2O5S. The van der Waals surface area contributed by atoms with Gasteiger partial charge in [0.2, 0.25) is 10.0 Å². The molecule has 1 amide bonds. The Morgan fingerprint density at radius 2 is 1.70 bits per heavy atom. The van der Waals surface area contributed by atoms with Crippen molar-refractivity contribution in [3.05, 3.63) is 59.7 Å². The summed E-state index contributed by atoms with van der Waals surface area (Å²) in [7, 11) is -2.40. The molecule has 2 aromatic carbocycles. The van der Waals surface area contributed by atoms with E-state index in [0.29, 0.717) is 0 Å². The summed E-state index contributed by atoms with van der Waals surface area (Å²) in [5.74, 6) is -3.33. The lowest BCUT2D eigenvalue weighted by Crippen LogP contribution is -2.30. The Balaban J connectivity index is 2.04. The molecule has 0 saturated carbocycles. The van der Waals surface area contributed by atoms with Gasteiger partial charge in [-0.25, -0.2) is 26.7 Å². The summed E-state index contributed by atoms with van der Waals surface area (Å²) in [6, 6.07) is 7.40. The number of hydrogen-bond acceptors (Lipinski definition) is 5. The van der Waals surface area contributed by atoms with E-state index in [4.69, 9.17) is 4.74 Å². The maximum absolute atomic E-state index is 13.5. The Hall–Kier alpha value is -2.85. The average Bonchev–Trinajstić information content (AvgIpc) is 2.64. The molecule has 0 fully saturated rings. The van der Waals surface area contributed by atoms with Crippen molar-refractivity contribution in [3.63, 3.8) is 0 Å². The van der Waals surface area contributed by atoms with E-state index in [1.54, 1.807) is 0 Å². The topological polar surface area (TPSA) is 102 Å². The monoisotopic (exact) mass is 398 g/mol. The Bertz CT molecular complexity index is 962. The van der Waals surface area contributed by atoms with E-state index in [9.17, 15) is 26.8 Å². The first-order chi connectivity index (χ1) is 12.6. The molecule has 0 aromatic heterocycles. The number of nitrogens with one attached hydrogen (secondary N) is 2. The van der Waals surface area contributed by atoms with Crippen LogP contribution in [-0.4, -0.2) is 33.4 Å². The van der Waals surface area contributed by atoms with Crippen LogP contribution in [0.3, 0.4) is 0 Å². The number of halogens is 2. The molecule has 0 aliphatic carbocycles. The standard InChI is InChI=1S/C17H16F2N2O5S/c1-10(16(22)21-15-9-12(18)5-8-14(15)19)26-17(23)11-3-6-13(7-4-11)27(24,25)20-2/h3-10,20H,1-2H3,(H,21,22). The van der Waals surface area contributed by atoms with Gasteiger partial charge >= 0.3 is 5.97 Å². The smallest absolute Gasteiger partial charge is 0.338 e. The van der Waals surface area contributed by atoms with Crippen molar-refractivity contribution in [2.24, 2.45) is 0 Å². The van der Waals surface area contributed by atoms with E-state index < -0.39 is 39.6 Å². The summed E-state index contributed by atoms with van der Waals surface area (Å²) in [4.78, 5) is 24.0. The van der Waals surface area contributed by atoms with Crippen molar-refractivity contribution in [2.75, 3.05) is 12.4 Å². The number of amides is 1. The lowest BCUT2D eigenvalue weighted by molar-refractivity contribution is -0.123. The number of carbonyl (C=O) groups is 2. The Morgan fingerprint density at radius 1 is 1.07 bits per heavy atom. The molecule has 2 N–H and O–H groups in total. The zero-order valence-corrected chi connectivity index (χ0v) is 15.1. The molecule has 0 aliphatic rings. The van der Waals surface area contributed by atoms with Crippen molar-refractivity contribution >= 4 is 27.6 Å². The highest BCUT2D eigenvalue weighted by atomic mass is 32.2. The van der Waals surface area contributed by atoms with Gasteiger partial charge in [-0.3, -0.25) is 4.79 Å². The molecule has 1 unspecified atom stereocenters. The quantitative estimate of drug-likeness (QED) is 0.726. The zero-order valence-electron chi connectivity index (χ0n) is 14.3. The summed E-state index contributed by atoms with van der Waals surface area (Å²) in [5.41, 5.74) is -0.369. The molecule has 0 aliphatic heterocycles. The third kappa shape index (κ3) is 5.08. The second-order valence-electron chi connectivity index (χ2n) is 5.39. The largest absolute Gasteiger partial charge is 0.449 e. The summed E-state index contributed by atoms with van der Waals surface area (Å²) < 4.78 is 57.0. The summed E-state index contributed by atoms with van der Waals surface area (Å²) >= 11 is 0. The van der Waals surface area contributed by atoms with E-state index >= 15 is 0 Å². The fraction of sp³-hybridized carbons (Fsp3) is 0.176. The molecule has 2 aromatic rings. The molecular weight excluding hydrogens is 382 g/mol. The minimum atomic E-state index is -3.65. The van der Waals surface area contributed by atoms with Gasteiger partial charge in [-0.05, 0) is 50.4 Å². The molecule has 144 valence electrons. The SMILES string of the molecule is CNS(=O)(=O)c1ccc(C(=O)OC(C)C(=O)Nc2cc(F)ccc2F)cc1. The lowest BCUT2D eigenvalue weighted by atomic mass is 10.2. The van der Waals surface area contributed by atoms with Crippen LogP contribution in [-0.2, 0) is 19.6 Å². The highest BCUT2D eigenvalue weighted by molar-refractivity contribution is 7.89. The number of ether oxygens (including phenoxy) is 1. The second kappa shape index (κ2) is 8.23. The first kappa shape index (κ1) is 20.5. The van der Waals surface area contributed by atoms with Crippen LogP contribution in [0.5, 0.6) is 0 Å². The predicted molar refractivity (Wildman–Crippen MR) is 92.6 cm³/mol. The van der Waals surface area contributed by atoms with E-state index in [1.165, 1.54) is 38.2 Å². The van der Waals surface area contributed by atoms with Gasteiger partial charge in [-0.15, -0.1) is 0 Å². The Labute approximate surface area is 154 Å². The molecule has 0 saturated heterocycles. The van der Waals surface area contributed by atoms with Crippen molar-refractivity contribution in [3.8, 4) is 0 Å². The molecule has 0 radical (unpaired) electrons. The van der Waals surface area contributed by atoms with Gasteiger partial charge < -0.3 is 10.1 Å². The van der Waals surface area contributed by atoms with Crippen molar-refractivity contribution < 1.29 is 31.5 Å². The molecule has 10 heteroatoms. The average molecular weight is 398 g/mol. The number of esters is 1. The number of hydrogen-bond donors (Lipinski definition) is 2. The fourth-order valence-corrected chi connectivity index (χ4v) is 2.73. The number of sulfonamides is 1. The van der Waals surface area contributed by atoms with Crippen LogP contribution >= 0.6 is 0 Å². The predicted octanol–water partition coefficient (Wildman–Crippen LogP) is 2.06. The summed E-state index contributed by atoms with van der Waals surface area (Å²) in [6.07, 6.45) is -1.30. The van der Waals surface area contributed by atoms with Crippen LogP contribution in [0.4, 0.5) is 14.5 Å². The summed E-state index contributed by atoms with van der Waals surface area (Å²) in [5, 5.41) is 2.13.